The monoisotopic (exact) mass is 218 g/mol. The minimum atomic E-state index is -1.10. The first kappa shape index (κ1) is 10.7. The smallest absolute Gasteiger partial charge is 0.0584 e. The van der Waals surface area contributed by atoms with Crippen molar-refractivity contribution >= 4 is 11.7 Å². The van der Waals surface area contributed by atoms with Gasteiger partial charge in [-0.15, -0.1) is 0 Å². The van der Waals surface area contributed by atoms with Gasteiger partial charge in [0, 0.05) is 11.8 Å². The lowest BCUT2D eigenvalue weighted by atomic mass is 9.79. The predicted molar refractivity (Wildman–Crippen MR) is 56.2 cm³/mol. The summed E-state index contributed by atoms with van der Waals surface area (Å²) in [5, 5.41) is 23.2. The molecule has 0 aliphatic heterocycles. The molecule has 0 radical (unpaired) electrons. The molecule has 1 fully saturated rings. The third-order valence-electron chi connectivity index (χ3n) is 3.20. The Kier molecular flexibility index (Phi) is 2.64. The minimum absolute atomic E-state index is 0.232. The molecule has 4 heteroatoms. The first-order valence-electron chi connectivity index (χ1n) is 5.16. The Morgan fingerprint density at radius 1 is 1.38 bits per heavy atom. The topological polar surface area (TPSA) is 72.7 Å². The zero-order valence-corrected chi connectivity index (χ0v) is 8.72. The maximum absolute atomic E-state index is 11.3. The molecule has 2 rings (SSSR count). The van der Waals surface area contributed by atoms with Crippen molar-refractivity contribution in [1.29, 1.82) is 0 Å². The second-order valence-corrected chi connectivity index (χ2v) is 4.08. The zero-order chi connectivity index (χ0) is 11.6. The molecular weight excluding hydrogens is 206 g/mol. The van der Waals surface area contributed by atoms with Gasteiger partial charge < -0.3 is 15.1 Å². The van der Waals surface area contributed by atoms with Crippen LogP contribution in [-0.2, 0) is 10.2 Å². The standard InChI is InChI=1S/C12H13NO3/c14-11(15)12(7-6-10(8-12)13-16)9-4-2-1-3-5-9/h1-5,16H,6-8H2,(H,14,15)/p-1/b13-10+/t12-/m1/s1. The van der Waals surface area contributed by atoms with Gasteiger partial charge in [-0.1, -0.05) is 35.5 Å². The molecule has 1 saturated carbocycles. The molecule has 1 aliphatic carbocycles. The molecule has 4 nitrogen and oxygen atoms in total. The molecule has 1 atom stereocenters. The maximum atomic E-state index is 11.3. The molecular formula is C12H12NO3-. The fourth-order valence-corrected chi connectivity index (χ4v) is 2.26. The van der Waals surface area contributed by atoms with E-state index in [2.05, 4.69) is 5.16 Å². The summed E-state index contributed by atoms with van der Waals surface area (Å²) in [5.41, 5.74) is 0.213. The van der Waals surface area contributed by atoms with Gasteiger partial charge in [0.2, 0.25) is 0 Å². The van der Waals surface area contributed by atoms with Crippen molar-refractivity contribution in [2.24, 2.45) is 5.16 Å². The van der Waals surface area contributed by atoms with Crippen LogP contribution < -0.4 is 5.11 Å². The van der Waals surface area contributed by atoms with Gasteiger partial charge in [0.1, 0.15) is 0 Å². The first-order valence-corrected chi connectivity index (χ1v) is 5.16. The van der Waals surface area contributed by atoms with Crippen LogP contribution in [-0.4, -0.2) is 16.9 Å². The molecule has 1 aromatic carbocycles. The van der Waals surface area contributed by atoms with Crippen LogP contribution in [0.3, 0.4) is 0 Å². The van der Waals surface area contributed by atoms with Crippen LogP contribution in [0, 0.1) is 0 Å². The SMILES string of the molecule is O=C([O-])[C@]1(c2ccccc2)CC/C(=N\O)C1. The summed E-state index contributed by atoms with van der Waals surface area (Å²) in [7, 11) is 0. The number of carboxylic acid groups (broad SMARTS) is 1. The van der Waals surface area contributed by atoms with Crippen molar-refractivity contribution in [3.8, 4) is 0 Å². The molecule has 1 aromatic rings. The van der Waals surface area contributed by atoms with Crippen molar-refractivity contribution in [3.05, 3.63) is 35.9 Å². The number of hydrogen-bond donors (Lipinski definition) is 1. The van der Waals surface area contributed by atoms with E-state index in [0.29, 0.717) is 24.1 Å². The summed E-state index contributed by atoms with van der Waals surface area (Å²) >= 11 is 0. The summed E-state index contributed by atoms with van der Waals surface area (Å²) in [4.78, 5) is 11.3. The van der Waals surface area contributed by atoms with Crippen LogP contribution in [0.1, 0.15) is 24.8 Å². The Morgan fingerprint density at radius 2 is 2.06 bits per heavy atom. The highest BCUT2D eigenvalue weighted by Crippen LogP contribution is 2.39. The third kappa shape index (κ3) is 1.56. The van der Waals surface area contributed by atoms with Gasteiger partial charge in [0.25, 0.3) is 0 Å². The number of nitrogens with zero attached hydrogens (tertiary/aromatic N) is 1. The fraction of sp³-hybridized carbons (Fsp3) is 0.333. The Labute approximate surface area is 93.2 Å². The number of carbonyl (C=O) groups is 1. The summed E-state index contributed by atoms with van der Waals surface area (Å²) in [5.74, 6) is -1.10. The van der Waals surface area contributed by atoms with E-state index < -0.39 is 11.4 Å². The van der Waals surface area contributed by atoms with E-state index in [0.717, 1.165) is 0 Å². The lowest BCUT2D eigenvalue weighted by molar-refractivity contribution is -0.313. The molecule has 1 N–H and O–H groups in total. The molecule has 0 aromatic heterocycles. The van der Waals surface area contributed by atoms with E-state index in [1.165, 1.54) is 0 Å². The van der Waals surface area contributed by atoms with Crippen molar-refractivity contribution in [2.45, 2.75) is 24.7 Å². The van der Waals surface area contributed by atoms with Crippen molar-refractivity contribution in [1.82, 2.24) is 0 Å². The molecule has 0 unspecified atom stereocenters. The first-order chi connectivity index (χ1) is 7.69. The summed E-state index contributed by atoms with van der Waals surface area (Å²) in [6.45, 7) is 0. The highest BCUT2D eigenvalue weighted by atomic mass is 16.4. The van der Waals surface area contributed by atoms with E-state index in [4.69, 9.17) is 5.21 Å². The Balaban J connectivity index is 2.43. The number of benzene rings is 1. The van der Waals surface area contributed by atoms with Crippen LogP contribution >= 0.6 is 0 Å². The number of carboxylic acids is 1. The second kappa shape index (κ2) is 3.96. The Hall–Kier alpha value is -1.84. The van der Waals surface area contributed by atoms with E-state index in [1.807, 2.05) is 6.07 Å². The molecule has 0 bridgehead atoms. The highest BCUT2D eigenvalue weighted by Gasteiger charge is 2.40. The number of aliphatic carboxylic acids is 1. The predicted octanol–water partition coefficient (Wildman–Crippen LogP) is 0.688. The molecule has 84 valence electrons. The zero-order valence-electron chi connectivity index (χ0n) is 8.72. The normalized spacial score (nSPS) is 27.1. The molecule has 0 saturated heterocycles. The fourth-order valence-electron chi connectivity index (χ4n) is 2.26. The Morgan fingerprint density at radius 3 is 2.56 bits per heavy atom. The Bertz CT molecular complexity index is 427. The second-order valence-electron chi connectivity index (χ2n) is 4.08. The number of carbonyl (C=O) groups excluding carboxylic acids is 1. The average molecular weight is 218 g/mol. The van der Waals surface area contributed by atoms with Gasteiger partial charge in [0.15, 0.2) is 0 Å². The number of oxime groups is 1. The van der Waals surface area contributed by atoms with E-state index in [9.17, 15) is 9.90 Å². The molecule has 0 spiro atoms. The summed E-state index contributed by atoms with van der Waals surface area (Å²) in [6, 6.07) is 8.98. The summed E-state index contributed by atoms with van der Waals surface area (Å²) in [6.07, 6.45) is 1.16. The minimum Gasteiger partial charge on any atom is -0.549 e. The molecule has 16 heavy (non-hydrogen) atoms. The van der Waals surface area contributed by atoms with Gasteiger partial charge in [0.05, 0.1) is 11.7 Å². The van der Waals surface area contributed by atoms with Gasteiger partial charge in [-0.05, 0) is 18.4 Å². The van der Waals surface area contributed by atoms with Gasteiger partial charge in [-0.25, -0.2) is 0 Å². The lowest BCUT2D eigenvalue weighted by Crippen LogP contribution is -2.44. The lowest BCUT2D eigenvalue weighted by Gasteiger charge is -2.30. The van der Waals surface area contributed by atoms with E-state index in [-0.39, 0.29) is 6.42 Å². The van der Waals surface area contributed by atoms with Gasteiger partial charge in [-0.3, -0.25) is 0 Å². The quantitative estimate of drug-likeness (QED) is 0.586. The number of hydrogen-bond acceptors (Lipinski definition) is 4. The third-order valence-corrected chi connectivity index (χ3v) is 3.20. The van der Waals surface area contributed by atoms with E-state index in [1.54, 1.807) is 24.3 Å². The molecule has 0 amide bonds. The maximum Gasteiger partial charge on any atom is 0.0584 e. The molecule has 1 aliphatic rings. The number of rotatable bonds is 2. The van der Waals surface area contributed by atoms with E-state index >= 15 is 0 Å². The van der Waals surface area contributed by atoms with Gasteiger partial charge >= 0.3 is 0 Å². The van der Waals surface area contributed by atoms with Crippen LogP contribution in [0.4, 0.5) is 0 Å². The largest absolute Gasteiger partial charge is 0.549 e. The van der Waals surface area contributed by atoms with Crippen LogP contribution in [0.25, 0.3) is 0 Å². The highest BCUT2D eigenvalue weighted by molar-refractivity contribution is 5.96. The van der Waals surface area contributed by atoms with Gasteiger partial charge in [-0.2, -0.15) is 0 Å². The summed E-state index contributed by atoms with van der Waals surface area (Å²) < 4.78 is 0. The van der Waals surface area contributed by atoms with Crippen molar-refractivity contribution in [3.63, 3.8) is 0 Å². The van der Waals surface area contributed by atoms with Crippen LogP contribution in [0.2, 0.25) is 0 Å². The van der Waals surface area contributed by atoms with Crippen molar-refractivity contribution < 1.29 is 15.1 Å². The van der Waals surface area contributed by atoms with Crippen molar-refractivity contribution in [2.75, 3.05) is 0 Å². The average Bonchev–Trinajstić information content (AvgIpc) is 2.75. The molecule has 0 heterocycles. The van der Waals surface area contributed by atoms with Crippen LogP contribution in [0.5, 0.6) is 0 Å². The van der Waals surface area contributed by atoms with Crippen LogP contribution in [0.15, 0.2) is 35.5 Å².